The zero-order valence-electron chi connectivity index (χ0n) is 17.0. The Hall–Kier alpha value is -2.56. The van der Waals surface area contributed by atoms with Gasteiger partial charge in [-0.25, -0.2) is 0 Å². The van der Waals surface area contributed by atoms with E-state index in [1.807, 2.05) is 69.0 Å². The average molecular weight is 370 g/mol. The van der Waals surface area contributed by atoms with Gasteiger partial charge in [-0.3, -0.25) is 9.78 Å². The largest absolute Gasteiger partial charge is 0.491 e. The number of anilines is 1. The van der Waals surface area contributed by atoms with Crippen LogP contribution in [-0.4, -0.2) is 40.5 Å². The zero-order chi connectivity index (χ0) is 19.8. The topological polar surface area (TPSA) is 54.5 Å². The van der Waals surface area contributed by atoms with Crippen LogP contribution in [-0.2, 0) is 0 Å². The average Bonchev–Trinajstić information content (AvgIpc) is 2.65. The first kappa shape index (κ1) is 20.7. The Morgan fingerprint density at radius 2 is 1.78 bits per heavy atom. The second kappa shape index (κ2) is 9.95. The van der Waals surface area contributed by atoms with Gasteiger partial charge in [0.05, 0.1) is 6.04 Å². The van der Waals surface area contributed by atoms with E-state index in [0.717, 1.165) is 12.1 Å². The van der Waals surface area contributed by atoms with Gasteiger partial charge in [-0.15, -0.1) is 0 Å². The molecule has 0 fully saturated rings. The summed E-state index contributed by atoms with van der Waals surface area (Å²) < 4.78 is 5.97. The number of nitrogens with one attached hydrogen (secondary N) is 1. The number of hydrogen-bond acceptors (Lipinski definition) is 4. The fourth-order valence-electron chi connectivity index (χ4n) is 3.08. The number of pyridine rings is 1. The van der Waals surface area contributed by atoms with Crippen molar-refractivity contribution in [3.63, 3.8) is 0 Å². The third-order valence-electron chi connectivity index (χ3n) is 4.42. The second-order valence-corrected chi connectivity index (χ2v) is 7.22. The summed E-state index contributed by atoms with van der Waals surface area (Å²) in [6.45, 7) is 10.8. The fourth-order valence-corrected chi connectivity index (χ4v) is 3.08. The van der Waals surface area contributed by atoms with Gasteiger partial charge in [0.15, 0.2) is 0 Å². The molecule has 27 heavy (non-hydrogen) atoms. The van der Waals surface area contributed by atoms with Crippen molar-refractivity contribution in [2.75, 3.05) is 11.9 Å². The Morgan fingerprint density at radius 1 is 1.11 bits per heavy atom. The van der Waals surface area contributed by atoms with Gasteiger partial charge in [-0.05, 0) is 64.4 Å². The number of aromatic nitrogens is 1. The molecule has 0 aliphatic heterocycles. The van der Waals surface area contributed by atoms with Gasteiger partial charge in [0, 0.05) is 35.7 Å². The Balaban J connectivity index is 2.03. The highest BCUT2D eigenvalue weighted by molar-refractivity contribution is 5.95. The van der Waals surface area contributed by atoms with E-state index in [1.54, 1.807) is 12.4 Å². The van der Waals surface area contributed by atoms with Gasteiger partial charge >= 0.3 is 0 Å². The Morgan fingerprint density at radius 3 is 2.37 bits per heavy atom. The SMILES string of the molecule is CCC(COc1cccc(C(=O)N(C(C)C)C(C)C)c1)Nc1ccncc1. The van der Waals surface area contributed by atoms with E-state index in [4.69, 9.17) is 4.74 Å². The van der Waals surface area contributed by atoms with Crippen LogP contribution in [0.3, 0.4) is 0 Å². The quantitative estimate of drug-likeness (QED) is 0.701. The minimum absolute atomic E-state index is 0.0346. The van der Waals surface area contributed by atoms with Crippen molar-refractivity contribution in [2.45, 2.75) is 59.2 Å². The summed E-state index contributed by atoms with van der Waals surface area (Å²) in [7, 11) is 0. The molecule has 1 heterocycles. The number of carbonyl (C=O) groups excluding carboxylic acids is 1. The summed E-state index contributed by atoms with van der Waals surface area (Å²) in [6.07, 6.45) is 4.45. The van der Waals surface area contributed by atoms with Gasteiger partial charge < -0.3 is 15.0 Å². The van der Waals surface area contributed by atoms with Gasteiger partial charge in [-0.1, -0.05) is 13.0 Å². The maximum absolute atomic E-state index is 12.9. The molecule has 1 unspecified atom stereocenters. The molecule has 0 radical (unpaired) electrons. The second-order valence-electron chi connectivity index (χ2n) is 7.22. The molecule has 0 aliphatic rings. The maximum Gasteiger partial charge on any atom is 0.254 e. The molecule has 0 aliphatic carbocycles. The van der Waals surface area contributed by atoms with Crippen LogP contribution in [0.2, 0.25) is 0 Å². The molecule has 1 atom stereocenters. The maximum atomic E-state index is 12.9. The normalized spacial score (nSPS) is 12.1. The lowest BCUT2D eigenvalue weighted by molar-refractivity contribution is 0.0643. The monoisotopic (exact) mass is 369 g/mol. The number of benzene rings is 1. The van der Waals surface area contributed by atoms with Crippen molar-refractivity contribution >= 4 is 11.6 Å². The zero-order valence-corrected chi connectivity index (χ0v) is 17.0. The van der Waals surface area contributed by atoms with Gasteiger partial charge in [0.2, 0.25) is 0 Å². The number of amides is 1. The van der Waals surface area contributed by atoms with Crippen LogP contribution in [0.1, 0.15) is 51.4 Å². The van der Waals surface area contributed by atoms with E-state index in [9.17, 15) is 4.79 Å². The summed E-state index contributed by atoms with van der Waals surface area (Å²) in [5.41, 5.74) is 1.68. The van der Waals surface area contributed by atoms with Gasteiger partial charge in [0.1, 0.15) is 12.4 Å². The van der Waals surface area contributed by atoms with Crippen molar-refractivity contribution in [2.24, 2.45) is 0 Å². The van der Waals surface area contributed by atoms with Crippen molar-refractivity contribution in [3.05, 3.63) is 54.4 Å². The first-order chi connectivity index (χ1) is 12.9. The van der Waals surface area contributed by atoms with E-state index < -0.39 is 0 Å². The molecule has 5 nitrogen and oxygen atoms in total. The van der Waals surface area contributed by atoms with Crippen LogP contribution in [0.5, 0.6) is 5.75 Å². The molecule has 1 aromatic heterocycles. The molecule has 0 saturated heterocycles. The van der Waals surface area contributed by atoms with E-state index in [2.05, 4.69) is 17.2 Å². The first-order valence-electron chi connectivity index (χ1n) is 9.64. The number of hydrogen-bond donors (Lipinski definition) is 1. The summed E-state index contributed by atoms with van der Waals surface area (Å²) in [5.74, 6) is 0.746. The molecule has 0 saturated carbocycles. The Bertz CT molecular complexity index is 709. The standard InChI is InChI=1S/C22H31N3O2/c1-6-19(24-20-10-12-23-13-11-20)15-27-21-9-7-8-18(14-21)22(26)25(16(2)3)17(4)5/h7-14,16-17,19H,6,15H2,1-5H3,(H,23,24). The molecular weight excluding hydrogens is 338 g/mol. The van der Waals surface area contributed by atoms with Crippen LogP contribution in [0.4, 0.5) is 5.69 Å². The lowest BCUT2D eigenvalue weighted by Gasteiger charge is -2.31. The van der Waals surface area contributed by atoms with Crippen LogP contribution in [0, 0.1) is 0 Å². The van der Waals surface area contributed by atoms with E-state index in [0.29, 0.717) is 17.9 Å². The molecule has 2 rings (SSSR count). The number of nitrogens with zero attached hydrogens (tertiary/aromatic N) is 2. The Kier molecular flexibility index (Phi) is 7.65. The van der Waals surface area contributed by atoms with Crippen molar-refractivity contribution in [1.82, 2.24) is 9.88 Å². The Labute approximate surface area is 162 Å². The molecule has 0 bridgehead atoms. The lowest BCUT2D eigenvalue weighted by Crippen LogP contribution is -2.42. The van der Waals surface area contributed by atoms with E-state index >= 15 is 0 Å². The summed E-state index contributed by atoms with van der Waals surface area (Å²) >= 11 is 0. The third-order valence-corrected chi connectivity index (χ3v) is 4.42. The van der Waals surface area contributed by atoms with Crippen LogP contribution >= 0.6 is 0 Å². The molecule has 1 amide bonds. The minimum Gasteiger partial charge on any atom is -0.491 e. The smallest absolute Gasteiger partial charge is 0.254 e. The van der Waals surface area contributed by atoms with Crippen LogP contribution in [0.15, 0.2) is 48.8 Å². The molecular formula is C22H31N3O2. The summed E-state index contributed by atoms with van der Waals surface area (Å²) in [5, 5.41) is 3.44. The molecule has 1 aromatic carbocycles. The van der Waals surface area contributed by atoms with Gasteiger partial charge in [0.25, 0.3) is 5.91 Å². The van der Waals surface area contributed by atoms with Crippen LogP contribution < -0.4 is 10.1 Å². The first-order valence-corrected chi connectivity index (χ1v) is 9.64. The van der Waals surface area contributed by atoms with Gasteiger partial charge in [-0.2, -0.15) is 0 Å². The van der Waals surface area contributed by atoms with E-state index in [1.165, 1.54) is 0 Å². The highest BCUT2D eigenvalue weighted by atomic mass is 16.5. The lowest BCUT2D eigenvalue weighted by atomic mass is 10.1. The van der Waals surface area contributed by atoms with Crippen molar-refractivity contribution in [3.8, 4) is 5.75 Å². The van der Waals surface area contributed by atoms with Crippen molar-refractivity contribution in [1.29, 1.82) is 0 Å². The molecule has 0 spiro atoms. The van der Waals surface area contributed by atoms with Crippen molar-refractivity contribution < 1.29 is 9.53 Å². The number of ether oxygens (including phenoxy) is 1. The third kappa shape index (κ3) is 5.98. The fraction of sp³-hybridized carbons (Fsp3) is 0.455. The number of rotatable bonds is 9. The van der Waals surface area contributed by atoms with E-state index in [-0.39, 0.29) is 24.0 Å². The molecule has 1 N–H and O–H groups in total. The molecule has 5 heteroatoms. The predicted octanol–water partition coefficient (Wildman–Crippen LogP) is 4.61. The van der Waals surface area contributed by atoms with Crippen LogP contribution in [0.25, 0.3) is 0 Å². The molecule has 2 aromatic rings. The highest BCUT2D eigenvalue weighted by Crippen LogP contribution is 2.19. The highest BCUT2D eigenvalue weighted by Gasteiger charge is 2.21. The minimum atomic E-state index is 0.0346. The molecule has 146 valence electrons. The summed E-state index contributed by atoms with van der Waals surface area (Å²) in [4.78, 5) is 18.8. The summed E-state index contributed by atoms with van der Waals surface area (Å²) in [6, 6.07) is 11.8. The predicted molar refractivity (Wildman–Crippen MR) is 110 cm³/mol. The number of carbonyl (C=O) groups is 1.